The summed E-state index contributed by atoms with van der Waals surface area (Å²) in [6, 6.07) is 6.42. The Balaban J connectivity index is 0.00000461. The van der Waals surface area contributed by atoms with Crippen molar-refractivity contribution in [2.45, 2.75) is 37.5 Å². The zero-order valence-electron chi connectivity index (χ0n) is 24.2. The molecule has 4 N–H and O–H groups in total. The third-order valence-corrected chi connectivity index (χ3v) is 7.30. The predicted octanol–water partition coefficient (Wildman–Crippen LogP) is 0.575. The molecule has 1 unspecified atom stereocenters. The number of carbonyl (C=O) groups excluding carboxylic acids is 1. The number of aromatic nitrogens is 5. The van der Waals surface area contributed by atoms with Gasteiger partial charge in [-0.15, -0.1) is 10.2 Å². The zero-order chi connectivity index (χ0) is 31.9. The van der Waals surface area contributed by atoms with Crippen molar-refractivity contribution in [2.24, 2.45) is 10.2 Å². The van der Waals surface area contributed by atoms with Gasteiger partial charge in [-0.25, -0.2) is 23.0 Å². The quantitative estimate of drug-likeness (QED) is 0.0923. The van der Waals surface area contributed by atoms with Gasteiger partial charge in [0.1, 0.15) is 15.6 Å². The number of carboxylic acid groups (broad SMARTS) is 2. The Morgan fingerprint density at radius 2 is 1.67 bits per heavy atom. The summed E-state index contributed by atoms with van der Waals surface area (Å²) in [5, 5.41) is 37.0. The molecular formula is C26H23N8NaO9S. The number of fused-ring (bicyclic) bond motifs is 2. The average molecular weight is 647 g/mol. The summed E-state index contributed by atoms with van der Waals surface area (Å²) in [5.74, 6) is -3.60. The number of benzene rings is 2. The van der Waals surface area contributed by atoms with Crippen LogP contribution >= 0.6 is 0 Å². The number of nitrogens with zero attached hydrogens (tertiary/aromatic N) is 6. The summed E-state index contributed by atoms with van der Waals surface area (Å²) in [4.78, 5) is 43.7. The third-order valence-electron chi connectivity index (χ3n) is 6.47. The number of hydrogen-bond acceptors (Lipinski definition) is 12. The molecule has 1 atom stereocenters. The molecule has 5 aromatic rings. The smallest absolute Gasteiger partial charge is 0.744 e. The Kier molecular flexibility index (Phi) is 9.54. The first-order valence-corrected chi connectivity index (χ1v) is 14.3. The van der Waals surface area contributed by atoms with Crippen LogP contribution in [0.3, 0.4) is 0 Å². The van der Waals surface area contributed by atoms with Gasteiger partial charge in [0.25, 0.3) is 5.91 Å². The standard InChI is InChI=1S/C26H24N8O9S.Na/c1-11(2)19-20(30-31-26-28-17-5-4-16(44(40,41)42)9-18(17)43-26)22-29-21(33-34(22)32-19)12(3)10-27-23(35)13-6-14(24(36)37)8-15(7-13)25(38)39;/h4-9,11-12,32H,10H2,1-3H3,(H,27,35)(H,36,37)(H,38,39)(H,40,41,42);/q;+1/p-1. The molecule has 0 aliphatic heterocycles. The van der Waals surface area contributed by atoms with Gasteiger partial charge >= 0.3 is 47.5 Å². The number of aromatic amines is 1. The molecular weight excluding hydrogens is 623 g/mol. The summed E-state index contributed by atoms with van der Waals surface area (Å²) >= 11 is 0. The van der Waals surface area contributed by atoms with Crippen LogP contribution in [0.25, 0.3) is 16.7 Å². The number of oxazole rings is 1. The molecule has 0 saturated heterocycles. The molecule has 0 bridgehead atoms. The van der Waals surface area contributed by atoms with Crippen molar-refractivity contribution in [1.29, 1.82) is 0 Å². The van der Waals surface area contributed by atoms with Gasteiger partial charge < -0.3 is 24.5 Å². The second-order valence-corrected chi connectivity index (χ2v) is 11.4. The van der Waals surface area contributed by atoms with Crippen LogP contribution in [0, 0.1) is 0 Å². The fourth-order valence-corrected chi connectivity index (χ4v) is 4.67. The number of amides is 1. The molecule has 0 spiro atoms. The molecule has 2 aromatic carbocycles. The maximum absolute atomic E-state index is 12.7. The zero-order valence-corrected chi connectivity index (χ0v) is 27.0. The number of hydrogen-bond donors (Lipinski definition) is 4. The van der Waals surface area contributed by atoms with Gasteiger partial charge in [0, 0.05) is 24.1 Å². The Hall–Kier alpha value is -4.49. The molecule has 3 heterocycles. The van der Waals surface area contributed by atoms with Crippen LogP contribution in [0.4, 0.5) is 11.7 Å². The minimum Gasteiger partial charge on any atom is -0.744 e. The van der Waals surface area contributed by atoms with E-state index in [-0.39, 0.29) is 75.8 Å². The van der Waals surface area contributed by atoms with Gasteiger partial charge in [0.05, 0.1) is 21.7 Å². The van der Waals surface area contributed by atoms with Gasteiger partial charge in [-0.05, 0) is 36.2 Å². The number of azo groups is 1. The monoisotopic (exact) mass is 646 g/mol. The Labute approximate surface area is 275 Å². The van der Waals surface area contributed by atoms with E-state index in [1.165, 1.54) is 10.7 Å². The topological polar surface area (TPSA) is 258 Å². The van der Waals surface area contributed by atoms with Gasteiger partial charge in [-0.1, -0.05) is 25.9 Å². The van der Waals surface area contributed by atoms with E-state index in [1.54, 1.807) is 6.92 Å². The summed E-state index contributed by atoms with van der Waals surface area (Å²) in [7, 11) is -4.69. The van der Waals surface area contributed by atoms with E-state index in [4.69, 9.17) is 4.42 Å². The van der Waals surface area contributed by atoms with Crippen molar-refractivity contribution < 1.29 is 71.5 Å². The Morgan fingerprint density at radius 3 is 2.27 bits per heavy atom. The van der Waals surface area contributed by atoms with E-state index in [0.717, 1.165) is 30.3 Å². The minimum atomic E-state index is -4.69. The first kappa shape index (κ1) is 33.4. The molecule has 17 nitrogen and oxygen atoms in total. The Bertz CT molecular complexity index is 2070. The maximum atomic E-state index is 12.7. The van der Waals surface area contributed by atoms with Crippen LogP contribution < -0.4 is 34.9 Å². The molecule has 228 valence electrons. The second-order valence-electron chi connectivity index (χ2n) is 10.0. The van der Waals surface area contributed by atoms with Gasteiger partial charge in [0.15, 0.2) is 17.1 Å². The molecule has 0 saturated carbocycles. The van der Waals surface area contributed by atoms with E-state index < -0.39 is 38.8 Å². The molecule has 3 aromatic heterocycles. The second kappa shape index (κ2) is 12.9. The predicted molar refractivity (Wildman–Crippen MR) is 149 cm³/mol. The van der Waals surface area contributed by atoms with E-state index in [1.807, 2.05) is 13.8 Å². The first-order valence-electron chi connectivity index (χ1n) is 12.9. The van der Waals surface area contributed by atoms with Crippen LogP contribution in [0.1, 0.15) is 75.2 Å². The van der Waals surface area contributed by atoms with Crippen LogP contribution in [0.5, 0.6) is 0 Å². The SMILES string of the molecule is CC(C)c1[nH]n2nc(C(C)CNC(=O)c3cc(C(=O)O)cc(C(=O)O)c3)nc2c1N=Nc1nc2ccc(S(=O)(=O)[O-])cc2o1.[Na+]. The van der Waals surface area contributed by atoms with Crippen molar-refractivity contribution >= 4 is 56.4 Å². The number of carbonyl (C=O) groups is 3. The molecule has 0 aliphatic rings. The molecule has 0 fully saturated rings. The fourth-order valence-electron chi connectivity index (χ4n) is 4.19. The summed E-state index contributed by atoms with van der Waals surface area (Å²) in [5.41, 5.74) is 0.766. The molecule has 19 heteroatoms. The van der Waals surface area contributed by atoms with E-state index in [2.05, 4.69) is 35.7 Å². The summed E-state index contributed by atoms with van der Waals surface area (Å²) in [6.45, 7) is 5.58. The van der Waals surface area contributed by atoms with Crippen molar-refractivity contribution in [3.8, 4) is 0 Å². The average Bonchev–Trinajstić information content (AvgIpc) is 3.66. The molecule has 1 amide bonds. The van der Waals surface area contributed by atoms with Crippen LogP contribution in [0.2, 0.25) is 0 Å². The summed E-state index contributed by atoms with van der Waals surface area (Å²) < 4.78 is 40.8. The van der Waals surface area contributed by atoms with E-state index in [0.29, 0.717) is 22.9 Å². The van der Waals surface area contributed by atoms with Gasteiger partial charge in [-0.3, -0.25) is 9.89 Å². The number of aromatic carboxylic acids is 2. The normalized spacial score (nSPS) is 12.6. The van der Waals surface area contributed by atoms with Gasteiger partial charge in [-0.2, -0.15) is 9.61 Å². The van der Waals surface area contributed by atoms with Crippen LogP contribution in [-0.4, -0.2) is 72.4 Å². The molecule has 5 rings (SSSR count). The van der Waals surface area contributed by atoms with Gasteiger partial charge in [0.2, 0.25) is 5.65 Å². The Morgan fingerprint density at radius 1 is 1.02 bits per heavy atom. The number of rotatable bonds is 10. The van der Waals surface area contributed by atoms with Crippen molar-refractivity contribution in [3.05, 3.63) is 64.6 Å². The largest absolute Gasteiger partial charge is 1.00 e. The molecule has 45 heavy (non-hydrogen) atoms. The molecule has 0 radical (unpaired) electrons. The van der Waals surface area contributed by atoms with Crippen molar-refractivity contribution in [1.82, 2.24) is 30.1 Å². The number of H-pyrrole nitrogens is 1. The molecule has 0 aliphatic carbocycles. The van der Waals surface area contributed by atoms with E-state index in [9.17, 15) is 37.6 Å². The third kappa shape index (κ3) is 7.10. The number of nitrogens with one attached hydrogen (secondary N) is 2. The van der Waals surface area contributed by atoms with Crippen LogP contribution in [-0.2, 0) is 10.1 Å². The van der Waals surface area contributed by atoms with E-state index >= 15 is 0 Å². The van der Waals surface area contributed by atoms with Crippen molar-refractivity contribution in [2.75, 3.05) is 6.54 Å². The first-order chi connectivity index (χ1) is 20.7. The minimum absolute atomic E-state index is 0. The number of carboxylic acids is 2. The maximum Gasteiger partial charge on any atom is 1.00 e. The summed E-state index contributed by atoms with van der Waals surface area (Å²) in [6.07, 6.45) is 0. The fraction of sp³-hybridized carbons (Fsp3) is 0.231. The van der Waals surface area contributed by atoms with Crippen LogP contribution in [0.15, 0.2) is 55.9 Å². The van der Waals surface area contributed by atoms with Crippen molar-refractivity contribution in [3.63, 3.8) is 0 Å².